The Labute approximate surface area is 161 Å². The van der Waals surface area contributed by atoms with Gasteiger partial charge in [-0.15, -0.1) is 0 Å². The molecule has 0 radical (unpaired) electrons. The number of methoxy groups -OCH3 is 1. The Bertz CT molecular complexity index is 911. The highest BCUT2D eigenvalue weighted by molar-refractivity contribution is 6.08. The number of carbonyl (C=O) groups excluding carboxylic acids is 2. The minimum atomic E-state index is -2.98. The molecule has 0 saturated carbocycles. The van der Waals surface area contributed by atoms with Crippen molar-refractivity contribution in [3.63, 3.8) is 0 Å². The number of hydrogen-bond donors (Lipinski definition) is 0. The van der Waals surface area contributed by atoms with Crippen molar-refractivity contribution in [1.29, 1.82) is 0 Å². The van der Waals surface area contributed by atoms with Crippen LogP contribution < -0.4 is 14.4 Å². The number of hydrogen-bond acceptors (Lipinski definition) is 4. The van der Waals surface area contributed by atoms with Crippen LogP contribution in [0.4, 0.5) is 14.5 Å². The van der Waals surface area contributed by atoms with E-state index in [0.717, 1.165) is 6.42 Å². The van der Waals surface area contributed by atoms with Crippen LogP contribution in [-0.4, -0.2) is 32.0 Å². The fraction of sp³-hybridized carbons (Fsp3) is 0.238. The van der Waals surface area contributed by atoms with Crippen LogP contribution in [0.5, 0.6) is 11.5 Å². The van der Waals surface area contributed by atoms with E-state index in [1.165, 1.54) is 31.4 Å². The van der Waals surface area contributed by atoms with Crippen LogP contribution in [0.2, 0.25) is 0 Å². The van der Waals surface area contributed by atoms with Crippen LogP contribution in [0.1, 0.15) is 28.8 Å². The van der Waals surface area contributed by atoms with E-state index in [0.29, 0.717) is 29.8 Å². The van der Waals surface area contributed by atoms with Crippen LogP contribution >= 0.6 is 0 Å². The Hall–Kier alpha value is -3.22. The van der Waals surface area contributed by atoms with E-state index in [-0.39, 0.29) is 23.2 Å². The zero-order valence-corrected chi connectivity index (χ0v) is 15.2. The van der Waals surface area contributed by atoms with Crippen molar-refractivity contribution >= 4 is 23.5 Å². The third-order valence-corrected chi connectivity index (χ3v) is 4.35. The van der Waals surface area contributed by atoms with Gasteiger partial charge in [-0.2, -0.15) is 8.78 Å². The number of benzene rings is 2. The van der Waals surface area contributed by atoms with Crippen molar-refractivity contribution < 1.29 is 27.8 Å². The number of ketones is 1. The molecule has 1 amide bonds. The molecule has 146 valence electrons. The summed E-state index contributed by atoms with van der Waals surface area (Å²) in [6, 6.07) is 11.3. The van der Waals surface area contributed by atoms with Crippen LogP contribution in [0.25, 0.3) is 6.08 Å². The number of anilines is 1. The lowest BCUT2D eigenvalue weighted by Crippen LogP contribution is -2.23. The van der Waals surface area contributed by atoms with Gasteiger partial charge in [-0.25, -0.2) is 0 Å². The predicted octanol–water partition coefficient (Wildman–Crippen LogP) is 4.32. The highest BCUT2D eigenvalue weighted by Crippen LogP contribution is 2.30. The molecule has 1 aliphatic rings. The van der Waals surface area contributed by atoms with E-state index in [9.17, 15) is 18.4 Å². The molecule has 1 fully saturated rings. The van der Waals surface area contributed by atoms with Crippen molar-refractivity contribution in [3.8, 4) is 11.5 Å². The lowest BCUT2D eigenvalue weighted by atomic mass is 10.1. The maximum absolute atomic E-state index is 12.5. The van der Waals surface area contributed by atoms with Crippen LogP contribution in [0.3, 0.4) is 0 Å². The Morgan fingerprint density at radius 3 is 2.68 bits per heavy atom. The average molecular weight is 387 g/mol. The second kappa shape index (κ2) is 8.65. The molecule has 28 heavy (non-hydrogen) atoms. The number of halogens is 2. The third-order valence-electron chi connectivity index (χ3n) is 4.35. The average Bonchev–Trinajstić information content (AvgIpc) is 3.12. The number of amides is 1. The highest BCUT2D eigenvalue weighted by Gasteiger charge is 2.22. The molecular formula is C21H19F2NO4. The molecule has 1 aliphatic heterocycles. The summed E-state index contributed by atoms with van der Waals surface area (Å²) in [5, 5.41) is 0. The van der Waals surface area contributed by atoms with E-state index in [1.807, 2.05) is 0 Å². The molecule has 1 saturated heterocycles. The van der Waals surface area contributed by atoms with Gasteiger partial charge in [-0.05, 0) is 42.3 Å². The van der Waals surface area contributed by atoms with E-state index in [4.69, 9.17) is 4.74 Å². The first-order valence-corrected chi connectivity index (χ1v) is 8.73. The second-order valence-electron chi connectivity index (χ2n) is 6.19. The minimum Gasteiger partial charge on any atom is -0.493 e. The first-order chi connectivity index (χ1) is 13.5. The van der Waals surface area contributed by atoms with Gasteiger partial charge in [0.15, 0.2) is 17.3 Å². The maximum atomic E-state index is 12.5. The highest BCUT2D eigenvalue weighted by atomic mass is 19.3. The molecule has 0 atom stereocenters. The molecule has 2 aromatic carbocycles. The van der Waals surface area contributed by atoms with Gasteiger partial charge in [-0.3, -0.25) is 9.59 Å². The predicted molar refractivity (Wildman–Crippen MR) is 101 cm³/mol. The van der Waals surface area contributed by atoms with Gasteiger partial charge in [0.05, 0.1) is 7.11 Å². The Kier molecular flexibility index (Phi) is 6.03. The SMILES string of the molecule is COc1ccc(/C=C/C(=O)c2cccc(N3CCCC3=O)c2)cc1OC(F)F. The summed E-state index contributed by atoms with van der Waals surface area (Å²) >= 11 is 0. The summed E-state index contributed by atoms with van der Waals surface area (Å²) < 4.78 is 34.5. The number of rotatable bonds is 7. The molecule has 1 heterocycles. The number of nitrogens with zero attached hydrogens (tertiary/aromatic N) is 1. The van der Waals surface area contributed by atoms with Gasteiger partial charge in [0, 0.05) is 24.2 Å². The summed E-state index contributed by atoms with van der Waals surface area (Å²) in [4.78, 5) is 26.0. The largest absolute Gasteiger partial charge is 0.493 e. The van der Waals surface area contributed by atoms with Crippen LogP contribution in [-0.2, 0) is 4.79 Å². The molecule has 0 bridgehead atoms. The molecule has 0 N–H and O–H groups in total. The van der Waals surface area contributed by atoms with Crippen molar-refractivity contribution in [2.75, 3.05) is 18.6 Å². The molecule has 2 aromatic rings. The number of alkyl halides is 2. The molecule has 0 aromatic heterocycles. The van der Waals surface area contributed by atoms with Gasteiger partial charge in [0.25, 0.3) is 0 Å². The monoisotopic (exact) mass is 387 g/mol. The summed E-state index contributed by atoms with van der Waals surface area (Å²) in [6.07, 6.45) is 4.17. The smallest absolute Gasteiger partial charge is 0.387 e. The van der Waals surface area contributed by atoms with Crippen LogP contribution in [0, 0.1) is 0 Å². The Morgan fingerprint density at radius 2 is 2.00 bits per heavy atom. The molecule has 3 rings (SSSR count). The zero-order chi connectivity index (χ0) is 20.1. The topological polar surface area (TPSA) is 55.8 Å². The number of ether oxygens (including phenoxy) is 2. The zero-order valence-electron chi connectivity index (χ0n) is 15.2. The second-order valence-corrected chi connectivity index (χ2v) is 6.19. The normalized spacial score (nSPS) is 14.1. The summed E-state index contributed by atoms with van der Waals surface area (Å²) in [5.74, 6) is -0.154. The van der Waals surface area contributed by atoms with Crippen molar-refractivity contribution in [3.05, 3.63) is 59.7 Å². The van der Waals surface area contributed by atoms with E-state index in [1.54, 1.807) is 35.2 Å². The van der Waals surface area contributed by atoms with E-state index < -0.39 is 6.61 Å². The van der Waals surface area contributed by atoms with Gasteiger partial charge < -0.3 is 14.4 Å². The fourth-order valence-electron chi connectivity index (χ4n) is 3.00. The molecular weight excluding hydrogens is 368 g/mol. The van der Waals surface area contributed by atoms with Crippen LogP contribution in [0.15, 0.2) is 48.5 Å². The molecule has 0 unspecified atom stereocenters. The standard InChI is InChI=1S/C21H19F2NO4/c1-27-18-10-8-14(12-19(18)28-21(22)23)7-9-17(25)15-4-2-5-16(13-15)24-11-3-6-20(24)26/h2,4-5,7-10,12-13,21H,3,6,11H2,1H3/b9-7+. The van der Waals surface area contributed by atoms with Gasteiger partial charge in [0.1, 0.15) is 0 Å². The number of allylic oxidation sites excluding steroid dienone is 1. The summed E-state index contributed by atoms with van der Waals surface area (Å²) in [6.45, 7) is -2.34. The first kappa shape index (κ1) is 19.5. The molecule has 0 spiro atoms. The Balaban J connectivity index is 1.77. The van der Waals surface area contributed by atoms with E-state index >= 15 is 0 Å². The van der Waals surface area contributed by atoms with Crippen molar-refractivity contribution in [2.24, 2.45) is 0 Å². The quantitative estimate of drug-likeness (QED) is 0.525. The Morgan fingerprint density at radius 1 is 1.18 bits per heavy atom. The molecule has 0 aliphatic carbocycles. The lowest BCUT2D eigenvalue weighted by Gasteiger charge is -2.16. The van der Waals surface area contributed by atoms with Gasteiger partial charge in [-0.1, -0.05) is 24.3 Å². The summed E-state index contributed by atoms with van der Waals surface area (Å²) in [7, 11) is 1.35. The van der Waals surface area contributed by atoms with Gasteiger partial charge >= 0.3 is 6.61 Å². The minimum absolute atomic E-state index is 0.0462. The van der Waals surface area contributed by atoms with Crippen molar-refractivity contribution in [1.82, 2.24) is 0 Å². The fourth-order valence-corrected chi connectivity index (χ4v) is 3.00. The van der Waals surface area contributed by atoms with Crippen molar-refractivity contribution in [2.45, 2.75) is 19.5 Å². The molecule has 7 heteroatoms. The molecule has 5 nitrogen and oxygen atoms in total. The van der Waals surface area contributed by atoms with E-state index in [2.05, 4.69) is 4.74 Å². The summed E-state index contributed by atoms with van der Waals surface area (Å²) in [5.41, 5.74) is 1.64. The maximum Gasteiger partial charge on any atom is 0.387 e. The lowest BCUT2D eigenvalue weighted by molar-refractivity contribution is -0.117. The first-order valence-electron chi connectivity index (χ1n) is 8.73. The van der Waals surface area contributed by atoms with Gasteiger partial charge in [0.2, 0.25) is 5.91 Å². The third kappa shape index (κ3) is 4.54. The number of carbonyl (C=O) groups is 2.